The van der Waals surface area contributed by atoms with E-state index in [1.165, 1.54) is 0 Å². The van der Waals surface area contributed by atoms with Crippen molar-refractivity contribution in [3.05, 3.63) is 12.7 Å². The molecule has 1 aliphatic heterocycles. The molecule has 0 aromatic heterocycles. The lowest BCUT2D eigenvalue weighted by atomic mass is 9.43. The second-order valence-electron chi connectivity index (χ2n) is 9.34. The molecule has 130 valence electrons. The van der Waals surface area contributed by atoms with Gasteiger partial charge in [0.1, 0.15) is 5.78 Å². The summed E-state index contributed by atoms with van der Waals surface area (Å²) in [5.41, 5.74) is -1.13. The second kappa shape index (κ2) is 4.92. The summed E-state index contributed by atoms with van der Waals surface area (Å²) in [6.07, 6.45) is 5.48. The van der Waals surface area contributed by atoms with Crippen molar-refractivity contribution >= 4 is 5.78 Å². The van der Waals surface area contributed by atoms with Gasteiger partial charge >= 0.3 is 0 Å². The summed E-state index contributed by atoms with van der Waals surface area (Å²) < 4.78 is 6.56. The third-order valence-electron chi connectivity index (χ3n) is 7.68. The molecule has 1 N–H and O–H groups in total. The quantitative estimate of drug-likeness (QED) is 0.746. The van der Waals surface area contributed by atoms with E-state index in [9.17, 15) is 9.90 Å². The Bertz CT molecular complexity index is 539. The smallest absolute Gasteiger partial charge is 0.141 e. The summed E-state index contributed by atoms with van der Waals surface area (Å²) in [6, 6.07) is 0. The topological polar surface area (TPSA) is 46.5 Å². The monoisotopic (exact) mass is 320 g/mol. The molecule has 3 aliphatic rings. The molecule has 3 nitrogen and oxygen atoms in total. The van der Waals surface area contributed by atoms with Crippen molar-refractivity contribution in [3.63, 3.8) is 0 Å². The first kappa shape index (κ1) is 17.2. The second-order valence-corrected chi connectivity index (χ2v) is 9.34. The van der Waals surface area contributed by atoms with E-state index >= 15 is 0 Å². The van der Waals surface area contributed by atoms with Crippen LogP contribution in [-0.2, 0) is 9.53 Å². The number of aliphatic hydroxyl groups is 1. The maximum absolute atomic E-state index is 12.5. The first-order chi connectivity index (χ1) is 10.5. The number of rotatable bonds is 1. The molecule has 0 radical (unpaired) electrons. The molecule has 1 saturated heterocycles. The lowest BCUT2D eigenvalue weighted by Crippen LogP contribution is -2.67. The van der Waals surface area contributed by atoms with Gasteiger partial charge in [-0.15, -0.1) is 6.58 Å². The summed E-state index contributed by atoms with van der Waals surface area (Å²) in [6.45, 7) is 14.6. The molecule has 0 aromatic carbocycles. The SMILES string of the molecule is C=C[C@@]1(C)CCC2[C@@]3(C)C(CC[C@]2(C)O1)C(C)(C)C(=O)C[C@@H]3O. The minimum atomic E-state index is -0.561. The molecule has 2 unspecified atom stereocenters. The number of carbonyl (C=O) groups excluding carboxylic acids is 1. The van der Waals surface area contributed by atoms with Crippen LogP contribution in [0, 0.1) is 22.7 Å². The van der Waals surface area contributed by atoms with Gasteiger partial charge in [-0.3, -0.25) is 4.79 Å². The number of ether oxygens (including phenoxy) is 1. The fourth-order valence-electron chi connectivity index (χ4n) is 6.17. The van der Waals surface area contributed by atoms with Crippen molar-refractivity contribution in [2.45, 2.75) is 84.0 Å². The normalized spacial score (nSPS) is 52.4. The Labute approximate surface area is 140 Å². The molecular weight excluding hydrogens is 288 g/mol. The number of Topliss-reactive ketones (excluding diaryl/α,β-unsaturated/α-hetero) is 1. The van der Waals surface area contributed by atoms with Gasteiger partial charge in [-0.05, 0) is 51.4 Å². The Kier molecular flexibility index (Phi) is 3.67. The van der Waals surface area contributed by atoms with E-state index in [4.69, 9.17) is 4.74 Å². The van der Waals surface area contributed by atoms with Crippen LogP contribution in [0.5, 0.6) is 0 Å². The van der Waals surface area contributed by atoms with E-state index in [1.54, 1.807) is 0 Å². The Balaban J connectivity index is 2.02. The summed E-state index contributed by atoms with van der Waals surface area (Å²) in [4.78, 5) is 12.5. The minimum Gasteiger partial charge on any atom is -0.392 e. The van der Waals surface area contributed by atoms with Crippen molar-refractivity contribution in [1.82, 2.24) is 0 Å². The van der Waals surface area contributed by atoms with Crippen LogP contribution in [0.2, 0.25) is 0 Å². The average Bonchev–Trinajstić information content (AvgIpc) is 2.44. The molecule has 6 atom stereocenters. The summed E-state index contributed by atoms with van der Waals surface area (Å²) in [5.74, 6) is 0.717. The fourth-order valence-corrected chi connectivity index (χ4v) is 6.17. The third-order valence-corrected chi connectivity index (χ3v) is 7.68. The summed E-state index contributed by atoms with van der Waals surface area (Å²) in [7, 11) is 0. The lowest BCUT2D eigenvalue weighted by molar-refractivity contribution is -0.268. The number of hydrogen-bond acceptors (Lipinski definition) is 3. The lowest BCUT2D eigenvalue weighted by Gasteiger charge is -2.65. The van der Waals surface area contributed by atoms with E-state index in [0.29, 0.717) is 0 Å². The van der Waals surface area contributed by atoms with E-state index in [0.717, 1.165) is 25.7 Å². The van der Waals surface area contributed by atoms with E-state index in [1.807, 2.05) is 6.08 Å². The van der Waals surface area contributed by atoms with Crippen LogP contribution in [0.15, 0.2) is 12.7 Å². The van der Waals surface area contributed by atoms with Gasteiger partial charge in [0.2, 0.25) is 0 Å². The zero-order valence-electron chi connectivity index (χ0n) is 15.3. The number of carbonyl (C=O) groups is 1. The Hall–Kier alpha value is -0.670. The van der Waals surface area contributed by atoms with Gasteiger partial charge in [-0.25, -0.2) is 0 Å². The molecule has 0 aromatic rings. The van der Waals surface area contributed by atoms with Crippen LogP contribution in [0.3, 0.4) is 0 Å². The predicted octanol–water partition coefficient (Wildman–Crippen LogP) is 3.89. The first-order valence-electron chi connectivity index (χ1n) is 9.05. The maximum atomic E-state index is 12.5. The van der Waals surface area contributed by atoms with Crippen LogP contribution >= 0.6 is 0 Å². The molecule has 23 heavy (non-hydrogen) atoms. The zero-order chi connectivity index (χ0) is 17.3. The van der Waals surface area contributed by atoms with Gasteiger partial charge < -0.3 is 9.84 Å². The van der Waals surface area contributed by atoms with Crippen molar-refractivity contribution < 1.29 is 14.6 Å². The molecule has 3 fully saturated rings. The molecular formula is C20H32O3. The number of fused-ring (bicyclic) bond motifs is 3. The summed E-state index contributed by atoms with van der Waals surface area (Å²) in [5, 5.41) is 10.9. The van der Waals surface area contributed by atoms with Gasteiger partial charge in [-0.1, -0.05) is 26.8 Å². The fraction of sp³-hybridized carbons (Fsp3) is 0.850. The number of hydrogen-bond donors (Lipinski definition) is 1. The Morgan fingerprint density at radius 3 is 2.35 bits per heavy atom. The van der Waals surface area contributed by atoms with Crippen LogP contribution in [-0.4, -0.2) is 28.2 Å². The van der Waals surface area contributed by atoms with Gasteiger partial charge in [0.25, 0.3) is 0 Å². The van der Waals surface area contributed by atoms with Gasteiger partial charge in [-0.2, -0.15) is 0 Å². The largest absolute Gasteiger partial charge is 0.392 e. The predicted molar refractivity (Wildman–Crippen MR) is 91.1 cm³/mol. The molecule has 0 bridgehead atoms. The van der Waals surface area contributed by atoms with Crippen molar-refractivity contribution in [2.75, 3.05) is 0 Å². The van der Waals surface area contributed by atoms with Crippen LogP contribution in [0.25, 0.3) is 0 Å². The van der Waals surface area contributed by atoms with E-state index < -0.39 is 6.10 Å². The highest BCUT2D eigenvalue weighted by molar-refractivity contribution is 5.86. The minimum absolute atomic E-state index is 0.212. The standard InChI is InChI=1S/C20H32O3/c1-7-18(4)10-8-14-19(5,23-18)11-9-13-17(2,3)15(21)12-16(22)20(13,14)6/h7,13-14,16,22H,1,8-12H2,2-6H3/t13?,14?,16-,18-,19-,20+/m0/s1. The van der Waals surface area contributed by atoms with E-state index in [-0.39, 0.29) is 46.1 Å². The Morgan fingerprint density at radius 1 is 1.13 bits per heavy atom. The Morgan fingerprint density at radius 2 is 1.74 bits per heavy atom. The molecule has 0 amide bonds. The summed E-state index contributed by atoms with van der Waals surface area (Å²) >= 11 is 0. The van der Waals surface area contributed by atoms with Crippen LogP contribution in [0.1, 0.15) is 66.7 Å². The highest BCUT2D eigenvalue weighted by Gasteiger charge is 2.66. The number of ketones is 1. The number of aliphatic hydroxyl groups excluding tert-OH is 1. The molecule has 0 spiro atoms. The van der Waals surface area contributed by atoms with Gasteiger partial charge in [0.05, 0.1) is 17.3 Å². The van der Waals surface area contributed by atoms with Crippen LogP contribution < -0.4 is 0 Å². The van der Waals surface area contributed by atoms with Crippen molar-refractivity contribution in [3.8, 4) is 0 Å². The zero-order valence-corrected chi connectivity index (χ0v) is 15.3. The molecule has 1 heterocycles. The highest BCUT2D eigenvalue weighted by atomic mass is 16.5. The first-order valence-corrected chi connectivity index (χ1v) is 9.05. The van der Waals surface area contributed by atoms with E-state index in [2.05, 4.69) is 41.2 Å². The maximum Gasteiger partial charge on any atom is 0.141 e. The molecule has 2 saturated carbocycles. The van der Waals surface area contributed by atoms with Gasteiger partial charge in [0.15, 0.2) is 0 Å². The van der Waals surface area contributed by atoms with Gasteiger partial charge in [0, 0.05) is 17.3 Å². The molecule has 3 rings (SSSR count). The third kappa shape index (κ3) is 2.19. The highest BCUT2D eigenvalue weighted by Crippen LogP contribution is 2.64. The van der Waals surface area contributed by atoms with Crippen molar-refractivity contribution in [1.29, 1.82) is 0 Å². The van der Waals surface area contributed by atoms with Crippen LogP contribution in [0.4, 0.5) is 0 Å². The molecule has 3 heteroatoms. The molecule has 2 aliphatic carbocycles. The van der Waals surface area contributed by atoms with Crippen molar-refractivity contribution in [2.24, 2.45) is 22.7 Å². The average molecular weight is 320 g/mol.